The molecule has 0 fully saturated rings. The summed E-state index contributed by atoms with van der Waals surface area (Å²) >= 11 is 1.60. The van der Waals surface area contributed by atoms with E-state index in [2.05, 4.69) is 10.5 Å². The van der Waals surface area contributed by atoms with Crippen LogP contribution >= 0.6 is 11.3 Å². The molecule has 0 aliphatic carbocycles. The van der Waals surface area contributed by atoms with E-state index in [1.54, 1.807) is 25.4 Å². The molecule has 118 valence electrons. The Balaban J connectivity index is 1.84. The summed E-state index contributed by atoms with van der Waals surface area (Å²) in [5, 5.41) is 8.83. The van der Waals surface area contributed by atoms with Crippen LogP contribution in [0.2, 0.25) is 0 Å². The molecule has 0 radical (unpaired) electrons. The summed E-state index contributed by atoms with van der Waals surface area (Å²) in [6.07, 6.45) is 0. The fourth-order valence-corrected chi connectivity index (χ4v) is 2.89. The van der Waals surface area contributed by atoms with Gasteiger partial charge in [-0.15, -0.1) is 11.3 Å². The summed E-state index contributed by atoms with van der Waals surface area (Å²) in [5.41, 5.74) is 1.82. The second-order valence-electron chi connectivity index (χ2n) is 4.96. The van der Waals surface area contributed by atoms with Gasteiger partial charge in [0.2, 0.25) is 0 Å². The van der Waals surface area contributed by atoms with Gasteiger partial charge in [-0.25, -0.2) is 0 Å². The van der Waals surface area contributed by atoms with E-state index >= 15 is 0 Å². The number of nitrogens with zero attached hydrogens (tertiary/aromatic N) is 1. The summed E-state index contributed by atoms with van der Waals surface area (Å²) in [5.74, 6) is 1.02. The third kappa shape index (κ3) is 3.27. The molecule has 2 heterocycles. The van der Waals surface area contributed by atoms with E-state index in [0.717, 1.165) is 16.2 Å². The number of nitrogens with one attached hydrogen (secondary N) is 1. The van der Waals surface area contributed by atoms with Crippen molar-refractivity contribution in [2.75, 3.05) is 7.11 Å². The van der Waals surface area contributed by atoms with Crippen LogP contribution in [0.15, 0.2) is 46.3 Å². The number of benzene rings is 1. The predicted octanol–water partition coefficient (Wildman–Crippen LogP) is 3.65. The standard InChI is InChI=1S/C17H16N2O3S/c1-11-15(17(20)18-10-14-4-3-9-23-14)16(22-19-11)12-5-7-13(21-2)8-6-12/h3-9H,10H2,1-2H3,(H,18,20). The highest BCUT2D eigenvalue weighted by molar-refractivity contribution is 7.09. The maximum absolute atomic E-state index is 12.5. The maximum Gasteiger partial charge on any atom is 0.257 e. The van der Waals surface area contributed by atoms with Crippen molar-refractivity contribution in [3.8, 4) is 17.1 Å². The van der Waals surface area contributed by atoms with Crippen molar-refractivity contribution in [2.45, 2.75) is 13.5 Å². The molecule has 1 N–H and O–H groups in total. The van der Waals surface area contributed by atoms with Gasteiger partial charge in [-0.1, -0.05) is 11.2 Å². The van der Waals surface area contributed by atoms with Gasteiger partial charge >= 0.3 is 0 Å². The molecule has 1 aromatic carbocycles. The van der Waals surface area contributed by atoms with Gasteiger partial charge in [0.15, 0.2) is 5.76 Å². The lowest BCUT2D eigenvalue weighted by atomic mass is 10.1. The minimum atomic E-state index is -0.192. The monoisotopic (exact) mass is 328 g/mol. The van der Waals surface area contributed by atoms with E-state index in [9.17, 15) is 4.79 Å². The van der Waals surface area contributed by atoms with Gasteiger partial charge in [-0.2, -0.15) is 0 Å². The number of rotatable bonds is 5. The van der Waals surface area contributed by atoms with Crippen molar-refractivity contribution in [2.24, 2.45) is 0 Å². The highest BCUT2D eigenvalue weighted by atomic mass is 32.1. The Labute approximate surface area is 137 Å². The first-order chi connectivity index (χ1) is 11.2. The second-order valence-corrected chi connectivity index (χ2v) is 5.99. The van der Waals surface area contributed by atoms with Crippen LogP contribution in [0.25, 0.3) is 11.3 Å². The van der Waals surface area contributed by atoms with Gasteiger partial charge in [-0.05, 0) is 42.6 Å². The first-order valence-electron chi connectivity index (χ1n) is 7.10. The number of aryl methyl sites for hydroxylation is 1. The first kappa shape index (κ1) is 15.3. The van der Waals surface area contributed by atoms with Crippen LogP contribution in [0.5, 0.6) is 5.75 Å². The van der Waals surface area contributed by atoms with Crippen molar-refractivity contribution < 1.29 is 14.1 Å². The lowest BCUT2D eigenvalue weighted by molar-refractivity contribution is 0.0951. The largest absolute Gasteiger partial charge is 0.497 e. The molecule has 2 aromatic heterocycles. The Hall–Kier alpha value is -2.60. The number of carbonyl (C=O) groups is 1. The van der Waals surface area contributed by atoms with Crippen molar-refractivity contribution >= 4 is 17.2 Å². The Morgan fingerprint density at radius 1 is 1.30 bits per heavy atom. The summed E-state index contributed by atoms with van der Waals surface area (Å²) in [6.45, 7) is 2.25. The van der Waals surface area contributed by atoms with Gasteiger partial charge in [0.1, 0.15) is 11.3 Å². The predicted molar refractivity (Wildman–Crippen MR) is 88.7 cm³/mol. The number of hydrogen-bond acceptors (Lipinski definition) is 5. The summed E-state index contributed by atoms with van der Waals surface area (Å²) in [6, 6.07) is 11.3. The molecule has 0 atom stereocenters. The molecule has 6 heteroatoms. The Kier molecular flexibility index (Phi) is 4.43. The lowest BCUT2D eigenvalue weighted by Crippen LogP contribution is -2.23. The van der Waals surface area contributed by atoms with Crippen LogP contribution in [-0.2, 0) is 6.54 Å². The van der Waals surface area contributed by atoms with Gasteiger partial charge in [0.25, 0.3) is 5.91 Å². The number of aromatic nitrogens is 1. The fraction of sp³-hybridized carbons (Fsp3) is 0.176. The zero-order valence-corrected chi connectivity index (χ0v) is 13.6. The van der Waals surface area contributed by atoms with Crippen molar-refractivity contribution in [1.82, 2.24) is 10.5 Å². The molecule has 23 heavy (non-hydrogen) atoms. The zero-order chi connectivity index (χ0) is 16.2. The molecule has 0 aliphatic rings. The molecule has 3 rings (SSSR count). The van der Waals surface area contributed by atoms with E-state index < -0.39 is 0 Å². The number of amides is 1. The molecular formula is C17H16N2O3S. The second kappa shape index (κ2) is 6.66. The van der Waals surface area contributed by atoms with Crippen LogP contribution in [-0.4, -0.2) is 18.2 Å². The average Bonchev–Trinajstić information content (AvgIpc) is 3.22. The Morgan fingerprint density at radius 3 is 2.74 bits per heavy atom. The molecule has 1 amide bonds. The van der Waals surface area contributed by atoms with E-state index in [1.165, 1.54) is 0 Å². The number of carbonyl (C=O) groups excluding carboxylic acids is 1. The average molecular weight is 328 g/mol. The quantitative estimate of drug-likeness (QED) is 0.776. The van der Waals surface area contributed by atoms with Crippen LogP contribution in [0.4, 0.5) is 0 Å². The fourth-order valence-electron chi connectivity index (χ4n) is 2.25. The molecule has 0 saturated heterocycles. The zero-order valence-electron chi connectivity index (χ0n) is 12.8. The van der Waals surface area contributed by atoms with Crippen LogP contribution in [0, 0.1) is 6.92 Å². The van der Waals surface area contributed by atoms with Crippen LogP contribution in [0.1, 0.15) is 20.9 Å². The molecular weight excluding hydrogens is 312 g/mol. The number of ether oxygens (including phenoxy) is 1. The highest BCUT2D eigenvalue weighted by Crippen LogP contribution is 2.27. The molecule has 0 aliphatic heterocycles. The maximum atomic E-state index is 12.5. The lowest BCUT2D eigenvalue weighted by Gasteiger charge is -2.05. The molecule has 0 unspecified atom stereocenters. The minimum absolute atomic E-state index is 0.192. The number of hydrogen-bond donors (Lipinski definition) is 1. The van der Waals surface area contributed by atoms with Crippen molar-refractivity contribution in [3.05, 3.63) is 57.9 Å². The van der Waals surface area contributed by atoms with Gasteiger partial charge in [-0.3, -0.25) is 4.79 Å². The molecule has 3 aromatic rings. The van der Waals surface area contributed by atoms with Gasteiger partial charge in [0.05, 0.1) is 19.3 Å². The molecule has 0 spiro atoms. The van der Waals surface area contributed by atoms with E-state index in [4.69, 9.17) is 9.26 Å². The third-order valence-corrected chi connectivity index (χ3v) is 4.32. The van der Waals surface area contributed by atoms with E-state index in [-0.39, 0.29) is 5.91 Å². The normalized spacial score (nSPS) is 10.5. The SMILES string of the molecule is COc1ccc(-c2onc(C)c2C(=O)NCc2cccs2)cc1. The number of methoxy groups -OCH3 is 1. The van der Waals surface area contributed by atoms with E-state index in [0.29, 0.717) is 23.6 Å². The molecule has 0 saturated carbocycles. The summed E-state index contributed by atoms with van der Waals surface area (Å²) in [7, 11) is 1.61. The number of thiophene rings is 1. The van der Waals surface area contributed by atoms with Crippen LogP contribution in [0.3, 0.4) is 0 Å². The van der Waals surface area contributed by atoms with Crippen molar-refractivity contribution in [3.63, 3.8) is 0 Å². The van der Waals surface area contributed by atoms with E-state index in [1.807, 2.05) is 41.8 Å². The molecule has 5 nitrogen and oxygen atoms in total. The summed E-state index contributed by atoms with van der Waals surface area (Å²) in [4.78, 5) is 13.6. The highest BCUT2D eigenvalue weighted by Gasteiger charge is 2.21. The van der Waals surface area contributed by atoms with Gasteiger partial charge < -0.3 is 14.6 Å². The Bertz CT molecular complexity index is 792. The third-order valence-electron chi connectivity index (χ3n) is 3.45. The molecule has 0 bridgehead atoms. The topological polar surface area (TPSA) is 64.4 Å². The van der Waals surface area contributed by atoms with Crippen molar-refractivity contribution in [1.29, 1.82) is 0 Å². The Morgan fingerprint density at radius 2 is 2.09 bits per heavy atom. The first-order valence-corrected chi connectivity index (χ1v) is 7.98. The minimum Gasteiger partial charge on any atom is -0.497 e. The summed E-state index contributed by atoms with van der Waals surface area (Å²) < 4.78 is 10.5. The van der Waals surface area contributed by atoms with Crippen LogP contribution < -0.4 is 10.1 Å². The van der Waals surface area contributed by atoms with Gasteiger partial charge in [0, 0.05) is 10.4 Å². The smallest absolute Gasteiger partial charge is 0.257 e.